The molecule has 1 fully saturated rings. The topological polar surface area (TPSA) is 96.0 Å². The van der Waals surface area contributed by atoms with Crippen molar-refractivity contribution < 1.29 is 9.53 Å². The Morgan fingerprint density at radius 1 is 1.48 bits per heavy atom. The molecule has 1 amide bonds. The van der Waals surface area contributed by atoms with E-state index in [0.717, 1.165) is 36.6 Å². The summed E-state index contributed by atoms with van der Waals surface area (Å²) in [5.74, 6) is 0.758. The van der Waals surface area contributed by atoms with Crippen LogP contribution in [0.4, 0.5) is 5.82 Å². The maximum absolute atomic E-state index is 12.4. The molecule has 134 valence electrons. The lowest BCUT2D eigenvalue weighted by Crippen LogP contribution is -2.40. The fourth-order valence-electron chi connectivity index (χ4n) is 3.20. The molecule has 0 aliphatic carbocycles. The maximum atomic E-state index is 12.4. The van der Waals surface area contributed by atoms with E-state index in [9.17, 15) is 4.79 Å². The highest BCUT2D eigenvalue weighted by Crippen LogP contribution is 2.25. The number of hydrogen-bond donors (Lipinski definition) is 2. The number of carbonyl (C=O) groups excluding carboxylic acids is 1. The van der Waals surface area contributed by atoms with Crippen LogP contribution in [0.1, 0.15) is 35.1 Å². The Morgan fingerprint density at radius 3 is 3.04 bits per heavy atom. The number of anilines is 1. The number of hydrogen-bond acceptors (Lipinski definition) is 6. The zero-order chi connectivity index (χ0) is 17.8. The summed E-state index contributed by atoms with van der Waals surface area (Å²) in [6.07, 6.45) is 4.85. The van der Waals surface area contributed by atoms with Crippen LogP contribution in [0.3, 0.4) is 0 Å². The van der Waals surface area contributed by atoms with Crippen LogP contribution in [0.15, 0.2) is 18.6 Å². The lowest BCUT2D eigenvalue weighted by Gasteiger charge is -2.25. The molecule has 8 nitrogen and oxygen atoms in total. The molecule has 0 spiro atoms. The van der Waals surface area contributed by atoms with Gasteiger partial charge in [-0.05, 0) is 19.8 Å². The van der Waals surface area contributed by atoms with Crippen molar-refractivity contribution >= 4 is 11.7 Å². The first-order chi connectivity index (χ1) is 12.1. The summed E-state index contributed by atoms with van der Waals surface area (Å²) in [6.45, 7) is 5.20. The molecular weight excluding hydrogens is 320 g/mol. The average molecular weight is 344 g/mol. The van der Waals surface area contributed by atoms with E-state index < -0.39 is 0 Å². The smallest absolute Gasteiger partial charge is 0.254 e. The lowest BCUT2D eigenvalue weighted by molar-refractivity contribution is 0.0945. The third-order valence-corrected chi connectivity index (χ3v) is 4.61. The van der Waals surface area contributed by atoms with Gasteiger partial charge in [-0.25, -0.2) is 9.97 Å². The van der Waals surface area contributed by atoms with Gasteiger partial charge in [0.05, 0.1) is 23.9 Å². The second-order valence-corrected chi connectivity index (χ2v) is 6.24. The summed E-state index contributed by atoms with van der Waals surface area (Å²) in [6, 6.07) is 2.08. The number of aryl methyl sites for hydroxylation is 2. The van der Waals surface area contributed by atoms with Crippen LogP contribution in [0.5, 0.6) is 0 Å². The minimum atomic E-state index is -0.106. The van der Waals surface area contributed by atoms with Crippen molar-refractivity contribution in [3.05, 3.63) is 35.5 Å². The minimum Gasteiger partial charge on any atom is -0.380 e. The number of aromatic amines is 1. The first-order valence-corrected chi connectivity index (χ1v) is 8.50. The number of methoxy groups -OCH3 is 1. The fourth-order valence-corrected chi connectivity index (χ4v) is 3.20. The Bertz CT molecular complexity index is 731. The van der Waals surface area contributed by atoms with Gasteiger partial charge in [-0.3, -0.25) is 9.89 Å². The molecule has 3 rings (SSSR count). The summed E-state index contributed by atoms with van der Waals surface area (Å²) in [7, 11) is 1.72. The molecule has 0 aromatic carbocycles. The third-order valence-electron chi connectivity index (χ3n) is 4.61. The van der Waals surface area contributed by atoms with Crippen LogP contribution in [0.25, 0.3) is 0 Å². The Hall–Kier alpha value is -2.48. The standard InChI is InChI=1S/C17H24N6O2/c1-4-15-14(8-21-22-15)17(24)18-7-12-6-13(25-3)9-23(12)16-5-11(2)19-10-20-16/h5,8,10,12-13H,4,6-7,9H2,1-3H3,(H,18,24)(H,21,22)/t12-,13-/m0/s1. The Morgan fingerprint density at radius 2 is 2.32 bits per heavy atom. The summed E-state index contributed by atoms with van der Waals surface area (Å²) < 4.78 is 5.53. The van der Waals surface area contributed by atoms with Crippen LogP contribution in [0.2, 0.25) is 0 Å². The van der Waals surface area contributed by atoms with E-state index in [1.807, 2.05) is 19.9 Å². The van der Waals surface area contributed by atoms with E-state index >= 15 is 0 Å². The highest BCUT2D eigenvalue weighted by molar-refractivity contribution is 5.95. The van der Waals surface area contributed by atoms with Gasteiger partial charge in [0.2, 0.25) is 0 Å². The number of carbonyl (C=O) groups is 1. The highest BCUT2D eigenvalue weighted by Gasteiger charge is 2.33. The van der Waals surface area contributed by atoms with E-state index in [1.54, 1.807) is 19.6 Å². The molecule has 0 radical (unpaired) electrons. The fraction of sp³-hybridized carbons (Fsp3) is 0.529. The van der Waals surface area contributed by atoms with Crippen molar-refractivity contribution in [1.29, 1.82) is 0 Å². The zero-order valence-electron chi connectivity index (χ0n) is 14.8. The van der Waals surface area contributed by atoms with Gasteiger partial charge in [0.1, 0.15) is 12.1 Å². The quantitative estimate of drug-likeness (QED) is 0.814. The largest absolute Gasteiger partial charge is 0.380 e. The number of H-pyrrole nitrogens is 1. The monoisotopic (exact) mass is 344 g/mol. The van der Waals surface area contributed by atoms with Gasteiger partial charge in [0, 0.05) is 37.7 Å². The molecule has 25 heavy (non-hydrogen) atoms. The molecule has 1 aliphatic rings. The van der Waals surface area contributed by atoms with Crippen LogP contribution >= 0.6 is 0 Å². The number of ether oxygens (including phenoxy) is 1. The van der Waals surface area contributed by atoms with Crippen molar-refractivity contribution in [3.63, 3.8) is 0 Å². The first kappa shape index (κ1) is 17.3. The molecule has 2 aromatic rings. The van der Waals surface area contributed by atoms with Crippen LogP contribution < -0.4 is 10.2 Å². The number of amides is 1. The Kier molecular flexibility index (Phi) is 5.28. The molecule has 3 heterocycles. The first-order valence-electron chi connectivity index (χ1n) is 8.50. The summed E-state index contributed by atoms with van der Waals surface area (Å²) in [5.41, 5.74) is 2.37. The molecule has 2 N–H and O–H groups in total. The van der Waals surface area contributed by atoms with Crippen LogP contribution in [-0.2, 0) is 11.2 Å². The molecule has 1 aliphatic heterocycles. The Balaban J connectivity index is 1.70. The molecule has 0 unspecified atom stereocenters. The molecule has 8 heteroatoms. The summed E-state index contributed by atoms with van der Waals surface area (Å²) >= 11 is 0. The van der Waals surface area contributed by atoms with Crippen molar-refractivity contribution in [3.8, 4) is 0 Å². The normalized spacial score (nSPS) is 20.0. The second-order valence-electron chi connectivity index (χ2n) is 6.24. The molecule has 1 saturated heterocycles. The number of nitrogens with one attached hydrogen (secondary N) is 2. The molecule has 0 bridgehead atoms. The van der Waals surface area contributed by atoms with Gasteiger partial charge >= 0.3 is 0 Å². The average Bonchev–Trinajstić information content (AvgIpc) is 3.26. The SMILES string of the molecule is CCc1[nH]ncc1C(=O)NC[C@@H]1C[C@H](OC)CN1c1cc(C)ncn1. The second kappa shape index (κ2) is 7.60. The van der Waals surface area contributed by atoms with E-state index in [2.05, 4.69) is 30.4 Å². The van der Waals surface area contributed by atoms with E-state index in [0.29, 0.717) is 12.1 Å². The zero-order valence-corrected chi connectivity index (χ0v) is 14.8. The van der Waals surface area contributed by atoms with Gasteiger partial charge < -0.3 is 15.0 Å². The Labute approximate surface area is 147 Å². The van der Waals surface area contributed by atoms with Gasteiger partial charge in [-0.2, -0.15) is 5.10 Å². The van der Waals surface area contributed by atoms with E-state index in [4.69, 9.17) is 4.74 Å². The molecule has 2 atom stereocenters. The number of aromatic nitrogens is 4. The van der Waals surface area contributed by atoms with E-state index in [-0.39, 0.29) is 18.1 Å². The predicted octanol–water partition coefficient (Wildman–Crippen LogP) is 1.09. The van der Waals surface area contributed by atoms with Gasteiger partial charge in [0.15, 0.2) is 0 Å². The van der Waals surface area contributed by atoms with Crippen molar-refractivity contribution in [1.82, 2.24) is 25.5 Å². The number of nitrogens with zero attached hydrogens (tertiary/aromatic N) is 4. The number of rotatable bonds is 6. The molecular formula is C17H24N6O2. The lowest BCUT2D eigenvalue weighted by atomic mass is 10.1. The highest BCUT2D eigenvalue weighted by atomic mass is 16.5. The van der Waals surface area contributed by atoms with E-state index in [1.165, 1.54) is 0 Å². The van der Waals surface area contributed by atoms with Gasteiger partial charge in [-0.15, -0.1) is 0 Å². The summed E-state index contributed by atoms with van der Waals surface area (Å²) in [4.78, 5) is 23.2. The molecule has 2 aromatic heterocycles. The third kappa shape index (κ3) is 3.79. The van der Waals surface area contributed by atoms with Gasteiger partial charge in [0.25, 0.3) is 5.91 Å². The van der Waals surface area contributed by atoms with Crippen molar-refractivity contribution in [2.75, 3.05) is 25.1 Å². The minimum absolute atomic E-state index is 0.106. The van der Waals surface area contributed by atoms with Crippen molar-refractivity contribution in [2.24, 2.45) is 0 Å². The van der Waals surface area contributed by atoms with Crippen LogP contribution in [0, 0.1) is 6.92 Å². The predicted molar refractivity (Wildman–Crippen MR) is 93.6 cm³/mol. The van der Waals surface area contributed by atoms with Crippen molar-refractivity contribution in [2.45, 2.75) is 38.8 Å². The van der Waals surface area contributed by atoms with Gasteiger partial charge in [-0.1, -0.05) is 6.92 Å². The van der Waals surface area contributed by atoms with Crippen LogP contribution in [-0.4, -0.2) is 58.4 Å². The molecule has 0 saturated carbocycles. The summed E-state index contributed by atoms with van der Waals surface area (Å²) in [5, 5.41) is 9.84. The maximum Gasteiger partial charge on any atom is 0.254 e.